The fraction of sp³-hybridized carbons (Fsp3) is 0.737. The third-order valence-electron chi connectivity index (χ3n) is 3.68. The molecule has 0 spiro atoms. The highest BCUT2D eigenvalue weighted by molar-refractivity contribution is 8.57. The summed E-state index contributed by atoms with van der Waals surface area (Å²) in [7, 11) is 2.30. The van der Waals surface area contributed by atoms with E-state index in [4.69, 9.17) is 4.74 Å². The van der Waals surface area contributed by atoms with Crippen LogP contribution in [0.1, 0.15) is 33.6 Å². The summed E-state index contributed by atoms with van der Waals surface area (Å²) in [5.41, 5.74) is -0.789. The van der Waals surface area contributed by atoms with Crippen LogP contribution in [0, 0.1) is 0 Å². The summed E-state index contributed by atoms with van der Waals surface area (Å²) in [4.78, 5) is 60.1. The van der Waals surface area contributed by atoms with Crippen LogP contribution in [0.2, 0.25) is 0 Å². The average molecular weight is 512 g/mol. The van der Waals surface area contributed by atoms with Crippen molar-refractivity contribution in [3.05, 3.63) is 0 Å². The topological polar surface area (TPSA) is 166 Å². The average Bonchev–Trinajstić information content (AvgIpc) is 2.69. The summed E-state index contributed by atoms with van der Waals surface area (Å²) in [6, 6.07) is -2.24. The Morgan fingerprint density at radius 1 is 0.970 bits per heavy atom. The Kier molecular flexibility index (Phi) is 13.1. The van der Waals surface area contributed by atoms with Gasteiger partial charge in [-0.05, 0) is 40.5 Å². The van der Waals surface area contributed by atoms with Crippen LogP contribution in [0.3, 0.4) is 0 Å². The summed E-state index contributed by atoms with van der Waals surface area (Å²) < 4.78 is 26.2. The van der Waals surface area contributed by atoms with Gasteiger partial charge in [-0.15, -0.1) is 0 Å². The van der Waals surface area contributed by atoms with Gasteiger partial charge in [0.25, 0.3) is 0 Å². The molecule has 0 fully saturated rings. The van der Waals surface area contributed by atoms with Crippen LogP contribution in [0.25, 0.3) is 0 Å². The Balaban J connectivity index is 5.10. The minimum Gasteiger partial charge on any atom is -0.468 e. The molecule has 12 nitrogen and oxygen atoms in total. The lowest BCUT2D eigenvalue weighted by Crippen LogP contribution is -2.50. The zero-order valence-corrected chi connectivity index (χ0v) is 21.7. The minimum atomic E-state index is -2.56. The fourth-order valence-corrected chi connectivity index (χ4v) is 4.44. The van der Waals surface area contributed by atoms with E-state index in [0.29, 0.717) is 0 Å². The van der Waals surface area contributed by atoms with Crippen LogP contribution >= 0.6 is 17.7 Å². The monoisotopic (exact) mass is 511 g/mol. The third-order valence-corrected chi connectivity index (χ3v) is 7.09. The van der Waals surface area contributed by atoms with Gasteiger partial charge >= 0.3 is 18.0 Å². The van der Waals surface area contributed by atoms with Crippen LogP contribution in [0.15, 0.2) is 0 Å². The highest BCUT2D eigenvalue weighted by Gasteiger charge is 2.28. The number of nitrogens with one attached hydrogen (secondary N) is 3. The maximum Gasteiger partial charge on any atom is 0.408 e. The van der Waals surface area contributed by atoms with Gasteiger partial charge in [-0.2, -0.15) is 0 Å². The Morgan fingerprint density at radius 3 is 2.06 bits per heavy atom. The number of alkyl carbamates (subject to hydrolysis) is 1. The largest absolute Gasteiger partial charge is 0.468 e. The van der Waals surface area contributed by atoms with Crippen molar-refractivity contribution in [2.75, 3.05) is 39.8 Å². The van der Waals surface area contributed by atoms with E-state index >= 15 is 0 Å². The van der Waals surface area contributed by atoms with Crippen molar-refractivity contribution in [1.82, 2.24) is 16.0 Å². The Hall–Kier alpha value is -2.27. The van der Waals surface area contributed by atoms with Crippen molar-refractivity contribution in [3.63, 3.8) is 0 Å². The summed E-state index contributed by atoms with van der Waals surface area (Å²) in [6.45, 7) is 7.61. The van der Waals surface area contributed by atoms with Crippen molar-refractivity contribution in [2.45, 2.75) is 51.3 Å². The molecule has 0 aliphatic carbocycles. The first-order valence-corrected chi connectivity index (χ1v) is 14.2. The predicted octanol–water partition coefficient (Wildman–Crippen LogP) is 0.878. The fourth-order valence-electron chi connectivity index (χ4n) is 2.17. The van der Waals surface area contributed by atoms with Crippen LogP contribution in [-0.4, -0.2) is 87.4 Å². The first kappa shape index (κ1) is 30.7. The second-order valence-corrected chi connectivity index (χ2v) is 14.7. The van der Waals surface area contributed by atoms with E-state index in [2.05, 4.69) is 25.4 Å². The van der Waals surface area contributed by atoms with Crippen molar-refractivity contribution < 1.29 is 42.7 Å². The van der Waals surface area contributed by atoms with Crippen LogP contribution in [0.4, 0.5) is 4.79 Å². The first-order valence-electron chi connectivity index (χ1n) is 9.98. The highest BCUT2D eigenvalue weighted by atomic mass is 32.7. The molecule has 0 saturated heterocycles. The van der Waals surface area contributed by atoms with Crippen LogP contribution < -0.4 is 16.0 Å². The number of methoxy groups -OCH3 is 2. The summed E-state index contributed by atoms with van der Waals surface area (Å²) >= 11 is 1.01. The third kappa shape index (κ3) is 15.2. The van der Waals surface area contributed by atoms with E-state index in [1.54, 1.807) is 20.8 Å². The molecular formula is C19H34N3O9PS. The highest BCUT2D eigenvalue weighted by Crippen LogP contribution is 2.51. The van der Waals surface area contributed by atoms with Gasteiger partial charge in [0.05, 0.1) is 14.2 Å². The second-order valence-electron chi connectivity index (χ2n) is 8.22. The molecule has 0 aromatic heterocycles. The molecule has 0 unspecified atom stereocenters. The van der Waals surface area contributed by atoms with Crippen molar-refractivity contribution in [1.29, 1.82) is 0 Å². The summed E-state index contributed by atoms with van der Waals surface area (Å²) in [6.07, 6.45) is -3.77. The molecule has 0 bridgehead atoms. The van der Waals surface area contributed by atoms with Gasteiger partial charge in [-0.25, -0.2) is 9.59 Å². The molecule has 0 rings (SSSR count). The van der Waals surface area contributed by atoms with E-state index in [1.165, 1.54) is 13.3 Å². The molecule has 0 aliphatic rings. The lowest BCUT2D eigenvalue weighted by Gasteiger charge is -2.23. The molecule has 0 aromatic rings. The minimum absolute atomic E-state index is 0.000384. The summed E-state index contributed by atoms with van der Waals surface area (Å²) in [5, 5.41) is 7.18. The standard InChI is InChI=1S/C19H34N3O9PS/c1-19(2,3)31-18(27)22-12(17(26)30-5)8-9-14(23)21-13(11-33-32(6,7)28)16(25)20-10-15(24)29-4/h12-13H,8-11H2,1-7H3,(H,20,25)(H,21,23)(H,22,27)/t12-,13+/m1/s1. The molecule has 0 saturated carbocycles. The van der Waals surface area contributed by atoms with Gasteiger partial charge in [0.15, 0.2) is 0 Å². The smallest absolute Gasteiger partial charge is 0.408 e. The van der Waals surface area contributed by atoms with Crippen LogP contribution in [-0.2, 0) is 38.0 Å². The summed E-state index contributed by atoms with van der Waals surface area (Å²) in [5.74, 6) is -2.71. The SMILES string of the molecule is COC(=O)CNC(=O)[C@H](CSP(C)(C)=O)NC(=O)CC[C@@H](NC(=O)OC(C)(C)C)C(=O)OC. The number of esters is 2. The number of amides is 3. The lowest BCUT2D eigenvalue weighted by atomic mass is 10.1. The Morgan fingerprint density at radius 2 is 1.58 bits per heavy atom. The van der Waals surface area contributed by atoms with Gasteiger partial charge in [0.1, 0.15) is 30.6 Å². The van der Waals surface area contributed by atoms with Gasteiger partial charge < -0.3 is 34.7 Å². The number of carbonyl (C=O) groups excluding carboxylic acids is 5. The molecular weight excluding hydrogens is 477 g/mol. The molecule has 0 radical (unpaired) electrons. The molecule has 0 aromatic carbocycles. The van der Waals surface area contributed by atoms with E-state index in [9.17, 15) is 28.5 Å². The first-order chi connectivity index (χ1) is 15.1. The number of carbonyl (C=O) groups is 5. The maximum absolute atomic E-state index is 12.4. The zero-order valence-electron chi connectivity index (χ0n) is 20.0. The van der Waals surface area contributed by atoms with Crippen LogP contribution in [0.5, 0.6) is 0 Å². The van der Waals surface area contributed by atoms with Gasteiger partial charge in [0.2, 0.25) is 11.8 Å². The molecule has 3 N–H and O–H groups in total. The van der Waals surface area contributed by atoms with E-state index in [-0.39, 0.29) is 18.6 Å². The molecule has 0 aliphatic heterocycles. The second kappa shape index (κ2) is 14.1. The number of hydrogen-bond acceptors (Lipinski definition) is 10. The van der Waals surface area contributed by atoms with Gasteiger partial charge in [0, 0.05) is 12.2 Å². The van der Waals surface area contributed by atoms with Crippen molar-refractivity contribution in [3.8, 4) is 0 Å². The van der Waals surface area contributed by atoms with E-state index in [0.717, 1.165) is 25.6 Å². The quantitative estimate of drug-likeness (QED) is 0.194. The molecule has 2 atom stereocenters. The molecule has 33 heavy (non-hydrogen) atoms. The molecule has 190 valence electrons. The van der Waals surface area contributed by atoms with Crippen molar-refractivity contribution in [2.24, 2.45) is 0 Å². The normalized spacial score (nSPS) is 13.2. The molecule has 0 heterocycles. The zero-order chi connectivity index (χ0) is 25.8. The number of hydrogen-bond donors (Lipinski definition) is 3. The Bertz CT molecular complexity index is 764. The lowest BCUT2D eigenvalue weighted by molar-refractivity contribution is -0.143. The van der Waals surface area contributed by atoms with Gasteiger partial charge in [-0.3, -0.25) is 14.4 Å². The Labute approximate surface area is 197 Å². The van der Waals surface area contributed by atoms with Gasteiger partial charge in [-0.1, -0.05) is 11.4 Å². The molecule has 3 amide bonds. The van der Waals surface area contributed by atoms with E-state index < -0.39 is 60.4 Å². The van der Waals surface area contributed by atoms with E-state index in [1.807, 2.05) is 0 Å². The maximum atomic E-state index is 12.4. The van der Waals surface area contributed by atoms with Crippen molar-refractivity contribution >= 4 is 47.6 Å². The molecule has 14 heteroatoms. The number of ether oxygens (including phenoxy) is 3. The number of rotatable bonds is 12. The predicted molar refractivity (Wildman–Crippen MR) is 123 cm³/mol.